The largest absolute Gasteiger partial charge is 0.454 e. The van der Waals surface area contributed by atoms with Gasteiger partial charge < -0.3 is 9.84 Å². The van der Waals surface area contributed by atoms with Crippen molar-refractivity contribution in [1.82, 2.24) is 15.6 Å². The molecule has 0 saturated heterocycles. The highest BCUT2D eigenvalue weighted by Gasteiger charge is 2.31. The summed E-state index contributed by atoms with van der Waals surface area (Å²) in [5.41, 5.74) is 4.49. The molecule has 4 N–H and O–H groups in total. The number of aliphatic hydroxyl groups is 1. The van der Waals surface area contributed by atoms with E-state index in [1.165, 1.54) is 43.3 Å². The quantitative estimate of drug-likeness (QED) is 0.322. The maximum absolute atomic E-state index is 12.4. The third-order valence-corrected chi connectivity index (χ3v) is 5.55. The number of halogens is 1. The minimum atomic E-state index is -4.18. The summed E-state index contributed by atoms with van der Waals surface area (Å²) in [6.07, 6.45) is -1.46. The molecular formula is C19H20ClN3O7S. The summed E-state index contributed by atoms with van der Waals surface area (Å²) in [4.78, 5) is 35.7. The Morgan fingerprint density at radius 1 is 1.03 bits per heavy atom. The molecular weight excluding hydrogens is 450 g/mol. The van der Waals surface area contributed by atoms with Crippen LogP contribution in [-0.4, -0.2) is 50.1 Å². The monoisotopic (exact) mass is 469 g/mol. The van der Waals surface area contributed by atoms with Crippen molar-refractivity contribution in [2.75, 3.05) is 6.61 Å². The van der Waals surface area contributed by atoms with Crippen LogP contribution in [0.4, 0.5) is 0 Å². The molecule has 31 heavy (non-hydrogen) atoms. The summed E-state index contributed by atoms with van der Waals surface area (Å²) in [5.74, 6) is -2.64. The number of hydrogen-bond acceptors (Lipinski definition) is 7. The van der Waals surface area contributed by atoms with Gasteiger partial charge in [0.2, 0.25) is 10.0 Å². The number of esters is 1. The van der Waals surface area contributed by atoms with E-state index in [-0.39, 0.29) is 4.90 Å². The van der Waals surface area contributed by atoms with Crippen molar-refractivity contribution in [2.45, 2.75) is 24.0 Å². The van der Waals surface area contributed by atoms with Crippen LogP contribution < -0.4 is 15.6 Å². The lowest BCUT2D eigenvalue weighted by Gasteiger charge is -2.20. The van der Waals surface area contributed by atoms with E-state index in [4.69, 9.17) is 16.3 Å². The van der Waals surface area contributed by atoms with Crippen molar-refractivity contribution in [2.24, 2.45) is 0 Å². The lowest BCUT2D eigenvalue weighted by atomic mass is 10.2. The van der Waals surface area contributed by atoms with Gasteiger partial charge >= 0.3 is 5.97 Å². The molecule has 0 spiro atoms. The number of carbonyl (C=O) groups excluding carboxylic acids is 3. The Morgan fingerprint density at radius 3 is 2.23 bits per heavy atom. The summed E-state index contributed by atoms with van der Waals surface area (Å²) in [6, 6.07) is 11.5. The fourth-order valence-electron chi connectivity index (χ4n) is 2.24. The first kappa shape index (κ1) is 24.3. The number of hydrazine groups is 1. The number of ether oxygens (including phenoxy) is 1. The van der Waals surface area contributed by atoms with Gasteiger partial charge in [0.05, 0.1) is 11.0 Å². The van der Waals surface area contributed by atoms with E-state index in [1.807, 2.05) is 4.72 Å². The van der Waals surface area contributed by atoms with Gasteiger partial charge in [-0.15, -0.1) is 0 Å². The molecule has 0 fully saturated rings. The molecule has 0 radical (unpaired) electrons. The van der Waals surface area contributed by atoms with Gasteiger partial charge in [-0.1, -0.05) is 29.8 Å². The summed E-state index contributed by atoms with van der Waals surface area (Å²) in [7, 11) is -4.18. The molecule has 0 aliphatic heterocycles. The van der Waals surface area contributed by atoms with Crippen LogP contribution in [0.2, 0.25) is 5.02 Å². The number of hydrogen-bond donors (Lipinski definition) is 4. The second-order valence-electron chi connectivity index (χ2n) is 6.27. The normalized spacial score (nSPS) is 13.0. The van der Waals surface area contributed by atoms with Crippen molar-refractivity contribution in [3.05, 3.63) is 65.2 Å². The molecule has 2 aromatic carbocycles. The molecule has 2 atom stereocenters. The molecule has 2 amide bonds. The molecule has 0 aliphatic rings. The Kier molecular flexibility index (Phi) is 8.51. The molecule has 166 valence electrons. The lowest BCUT2D eigenvalue weighted by Crippen LogP contribution is -2.49. The first-order valence-electron chi connectivity index (χ1n) is 8.87. The number of sulfonamides is 1. The summed E-state index contributed by atoms with van der Waals surface area (Å²) >= 11 is 5.73. The van der Waals surface area contributed by atoms with Gasteiger partial charge in [-0.2, -0.15) is 4.72 Å². The molecule has 0 bridgehead atoms. The summed E-state index contributed by atoms with van der Waals surface area (Å²) in [5, 5.41) is 10.1. The number of aliphatic hydroxyl groups excluding tert-OH is 1. The van der Waals surface area contributed by atoms with Gasteiger partial charge in [-0.05, 0) is 43.3 Å². The molecule has 2 unspecified atom stereocenters. The first-order chi connectivity index (χ1) is 14.6. The van der Waals surface area contributed by atoms with Crippen molar-refractivity contribution in [3.8, 4) is 0 Å². The smallest absolute Gasteiger partial charge is 0.327 e. The number of benzene rings is 2. The average molecular weight is 470 g/mol. The van der Waals surface area contributed by atoms with E-state index in [0.29, 0.717) is 10.6 Å². The van der Waals surface area contributed by atoms with Crippen LogP contribution in [0.25, 0.3) is 0 Å². The topological polar surface area (TPSA) is 151 Å². The zero-order valence-corrected chi connectivity index (χ0v) is 17.8. The Morgan fingerprint density at radius 2 is 1.65 bits per heavy atom. The highest BCUT2D eigenvalue weighted by atomic mass is 35.5. The van der Waals surface area contributed by atoms with E-state index in [0.717, 1.165) is 0 Å². The predicted molar refractivity (Wildman–Crippen MR) is 110 cm³/mol. The zero-order chi connectivity index (χ0) is 23.0. The molecule has 0 heterocycles. The Balaban J connectivity index is 1.91. The van der Waals surface area contributed by atoms with E-state index in [1.54, 1.807) is 18.2 Å². The van der Waals surface area contributed by atoms with E-state index < -0.39 is 46.6 Å². The lowest BCUT2D eigenvalue weighted by molar-refractivity contribution is -0.152. The molecule has 0 aliphatic carbocycles. The van der Waals surface area contributed by atoms with Gasteiger partial charge in [0.15, 0.2) is 6.61 Å². The molecule has 2 aromatic rings. The fourth-order valence-corrected chi connectivity index (χ4v) is 3.63. The van der Waals surface area contributed by atoms with E-state index in [9.17, 15) is 27.9 Å². The highest BCUT2D eigenvalue weighted by Crippen LogP contribution is 2.15. The van der Waals surface area contributed by atoms with Crippen LogP contribution in [0.3, 0.4) is 0 Å². The minimum absolute atomic E-state index is 0.184. The maximum Gasteiger partial charge on any atom is 0.327 e. The summed E-state index contributed by atoms with van der Waals surface area (Å²) < 4.78 is 31.6. The van der Waals surface area contributed by atoms with Gasteiger partial charge in [0.25, 0.3) is 11.8 Å². The van der Waals surface area contributed by atoms with Gasteiger partial charge in [0.1, 0.15) is 6.04 Å². The van der Waals surface area contributed by atoms with Crippen LogP contribution in [-0.2, 0) is 24.3 Å². The van der Waals surface area contributed by atoms with Gasteiger partial charge in [-0.25, -0.2) is 8.42 Å². The standard InChI is InChI=1S/C19H20ClN3O7S/c1-12(24)17(23-31(28,29)15-9-7-14(20)8-10-15)19(27)30-11-16(25)21-22-18(26)13-5-3-2-4-6-13/h2-10,12,17,23-24H,11H2,1H3,(H,21,25)(H,22,26). The van der Waals surface area contributed by atoms with Crippen molar-refractivity contribution in [1.29, 1.82) is 0 Å². The Bertz CT molecular complexity index is 1030. The van der Waals surface area contributed by atoms with Crippen LogP contribution >= 0.6 is 11.6 Å². The average Bonchev–Trinajstić information content (AvgIpc) is 2.74. The van der Waals surface area contributed by atoms with Gasteiger partial charge in [0, 0.05) is 10.6 Å². The highest BCUT2D eigenvalue weighted by molar-refractivity contribution is 7.89. The summed E-state index contributed by atoms with van der Waals surface area (Å²) in [6.45, 7) is 0.357. The fraction of sp³-hybridized carbons (Fsp3) is 0.211. The zero-order valence-electron chi connectivity index (χ0n) is 16.2. The molecule has 12 heteroatoms. The van der Waals surface area contributed by atoms with Crippen molar-refractivity contribution in [3.63, 3.8) is 0 Å². The molecule has 0 saturated carbocycles. The predicted octanol–water partition coefficient (Wildman–Crippen LogP) is 0.372. The van der Waals surface area contributed by atoms with E-state index in [2.05, 4.69) is 10.9 Å². The number of rotatable bonds is 8. The maximum atomic E-state index is 12.4. The van der Waals surface area contributed by atoms with E-state index >= 15 is 0 Å². The minimum Gasteiger partial charge on any atom is -0.454 e. The second kappa shape index (κ2) is 10.9. The molecule has 10 nitrogen and oxygen atoms in total. The Labute approximate surface area is 183 Å². The number of nitrogens with one attached hydrogen (secondary N) is 3. The molecule has 2 rings (SSSR count). The van der Waals surface area contributed by atoms with Gasteiger partial charge in [-0.3, -0.25) is 25.2 Å². The van der Waals surface area contributed by atoms with Crippen LogP contribution in [0.15, 0.2) is 59.5 Å². The number of carbonyl (C=O) groups is 3. The van der Waals surface area contributed by atoms with Crippen LogP contribution in [0.1, 0.15) is 17.3 Å². The third-order valence-electron chi connectivity index (χ3n) is 3.84. The van der Waals surface area contributed by atoms with Crippen LogP contribution in [0.5, 0.6) is 0 Å². The van der Waals surface area contributed by atoms with Crippen molar-refractivity contribution < 1.29 is 32.6 Å². The SMILES string of the molecule is CC(O)C(NS(=O)(=O)c1ccc(Cl)cc1)C(=O)OCC(=O)NNC(=O)c1ccccc1. The van der Waals surface area contributed by atoms with Crippen molar-refractivity contribution >= 4 is 39.4 Å². The van der Waals surface area contributed by atoms with Crippen LogP contribution in [0, 0.1) is 0 Å². The molecule has 0 aromatic heterocycles. The third kappa shape index (κ3) is 7.33. The number of amides is 2. The first-order valence-corrected chi connectivity index (χ1v) is 10.7. The second-order valence-corrected chi connectivity index (χ2v) is 8.42. The Hall–Kier alpha value is -2.99.